The average molecular weight is 269 g/mol. The summed E-state index contributed by atoms with van der Waals surface area (Å²) in [6.07, 6.45) is -0.525. The molecule has 0 fully saturated rings. The number of halogens is 1. The number of alkyl carbamates (subject to hydrolysis) is 1. The minimum Gasteiger partial charge on any atom is -0.450 e. The number of ether oxygens (including phenoxy) is 1. The minimum atomic E-state index is -0.525. The Morgan fingerprint density at radius 1 is 1.16 bits per heavy atom. The van der Waals surface area contributed by atoms with E-state index in [1.165, 1.54) is 24.3 Å². The third-order valence-corrected chi connectivity index (χ3v) is 2.06. The van der Waals surface area contributed by atoms with Crippen LogP contribution in [0.1, 0.15) is 6.92 Å². The van der Waals surface area contributed by atoms with Gasteiger partial charge in [-0.3, -0.25) is 0 Å². The second kappa shape index (κ2) is 7.91. The molecule has 1 aromatic rings. The van der Waals surface area contributed by atoms with E-state index in [1.807, 2.05) is 0 Å². The van der Waals surface area contributed by atoms with Crippen LogP contribution in [0.5, 0.6) is 0 Å². The van der Waals surface area contributed by atoms with E-state index in [2.05, 4.69) is 20.7 Å². The van der Waals surface area contributed by atoms with Gasteiger partial charge < -0.3 is 20.7 Å². The van der Waals surface area contributed by atoms with Crippen LogP contribution in [0.15, 0.2) is 24.3 Å². The number of amides is 3. The van der Waals surface area contributed by atoms with Crippen molar-refractivity contribution in [3.8, 4) is 0 Å². The first-order valence-electron chi connectivity index (χ1n) is 5.83. The first-order valence-corrected chi connectivity index (χ1v) is 5.83. The summed E-state index contributed by atoms with van der Waals surface area (Å²) in [6.45, 7) is 2.51. The Morgan fingerprint density at radius 3 is 2.42 bits per heavy atom. The molecule has 0 saturated heterocycles. The molecule has 0 aliphatic rings. The van der Waals surface area contributed by atoms with Crippen LogP contribution in [-0.4, -0.2) is 31.8 Å². The molecule has 3 N–H and O–H groups in total. The average Bonchev–Trinajstić information content (AvgIpc) is 2.38. The van der Waals surface area contributed by atoms with Gasteiger partial charge in [-0.2, -0.15) is 0 Å². The molecule has 0 saturated carbocycles. The van der Waals surface area contributed by atoms with E-state index in [4.69, 9.17) is 0 Å². The van der Waals surface area contributed by atoms with Crippen molar-refractivity contribution in [1.82, 2.24) is 10.6 Å². The molecule has 0 unspecified atom stereocenters. The highest BCUT2D eigenvalue weighted by atomic mass is 19.1. The smallest absolute Gasteiger partial charge is 0.407 e. The Hall–Kier alpha value is -2.31. The van der Waals surface area contributed by atoms with E-state index in [0.29, 0.717) is 12.3 Å². The monoisotopic (exact) mass is 269 g/mol. The Bertz CT molecular complexity index is 423. The summed E-state index contributed by atoms with van der Waals surface area (Å²) in [5, 5.41) is 7.51. The predicted octanol–water partition coefficient (Wildman–Crippen LogP) is 1.69. The summed E-state index contributed by atoms with van der Waals surface area (Å²) in [4.78, 5) is 22.3. The van der Waals surface area contributed by atoms with Crippen LogP contribution in [0.3, 0.4) is 0 Å². The van der Waals surface area contributed by atoms with Crippen molar-refractivity contribution in [2.75, 3.05) is 25.0 Å². The molecular formula is C12H16FN3O3. The molecule has 0 radical (unpaired) electrons. The molecule has 1 rings (SSSR count). The van der Waals surface area contributed by atoms with Gasteiger partial charge in [-0.05, 0) is 31.2 Å². The van der Waals surface area contributed by atoms with Gasteiger partial charge in [0.2, 0.25) is 0 Å². The van der Waals surface area contributed by atoms with Crippen molar-refractivity contribution in [2.45, 2.75) is 6.92 Å². The summed E-state index contributed by atoms with van der Waals surface area (Å²) in [5.74, 6) is -0.371. The zero-order valence-electron chi connectivity index (χ0n) is 10.5. The number of hydrogen-bond acceptors (Lipinski definition) is 3. The van der Waals surface area contributed by atoms with Gasteiger partial charge in [0.25, 0.3) is 0 Å². The van der Waals surface area contributed by atoms with E-state index < -0.39 is 12.1 Å². The van der Waals surface area contributed by atoms with Gasteiger partial charge in [0, 0.05) is 18.8 Å². The van der Waals surface area contributed by atoms with Crippen molar-refractivity contribution >= 4 is 17.8 Å². The van der Waals surface area contributed by atoms with Gasteiger partial charge in [-0.15, -0.1) is 0 Å². The maximum Gasteiger partial charge on any atom is 0.407 e. The number of carbonyl (C=O) groups excluding carboxylic acids is 2. The van der Waals surface area contributed by atoms with E-state index in [0.717, 1.165) is 0 Å². The number of hydrogen-bond donors (Lipinski definition) is 3. The molecule has 19 heavy (non-hydrogen) atoms. The SMILES string of the molecule is CCOC(=O)NCCNC(=O)Nc1ccc(F)cc1. The first-order chi connectivity index (χ1) is 9.11. The Kier molecular flexibility index (Phi) is 6.14. The van der Waals surface area contributed by atoms with Crippen molar-refractivity contribution in [2.24, 2.45) is 0 Å². The van der Waals surface area contributed by atoms with Gasteiger partial charge >= 0.3 is 12.1 Å². The van der Waals surface area contributed by atoms with Crippen molar-refractivity contribution in [3.05, 3.63) is 30.1 Å². The zero-order valence-corrected chi connectivity index (χ0v) is 10.5. The molecule has 7 heteroatoms. The fourth-order valence-electron chi connectivity index (χ4n) is 1.23. The standard InChI is InChI=1S/C12H16FN3O3/c1-2-19-12(18)15-8-7-14-11(17)16-10-5-3-9(13)4-6-10/h3-6H,2,7-8H2,1H3,(H,15,18)(H2,14,16,17). The lowest BCUT2D eigenvalue weighted by Gasteiger charge is -2.08. The highest BCUT2D eigenvalue weighted by molar-refractivity contribution is 5.89. The van der Waals surface area contributed by atoms with Crippen LogP contribution < -0.4 is 16.0 Å². The maximum absolute atomic E-state index is 12.6. The van der Waals surface area contributed by atoms with E-state index >= 15 is 0 Å². The molecule has 6 nitrogen and oxygen atoms in total. The van der Waals surface area contributed by atoms with Gasteiger partial charge in [-0.1, -0.05) is 0 Å². The Morgan fingerprint density at radius 2 is 1.79 bits per heavy atom. The lowest BCUT2D eigenvalue weighted by molar-refractivity contribution is 0.152. The van der Waals surface area contributed by atoms with Crippen LogP contribution in [0.4, 0.5) is 19.7 Å². The molecule has 0 atom stereocenters. The number of nitrogens with one attached hydrogen (secondary N) is 3. The first kappa shape index (κ1) is 14.7. The van der Waals surface area contributed by atoms with Gasteiger partial charge in [0.15, 0.2) is 0 Å². The fourth-order valence-corrected chi connectivity index (χ4v) is 1.23. The second-order valence-corrected chi connectivity index (χ2v) is 3.54. The molecule has 0 spiro atoms. The summed E-state index contributed by atoms with van der Waals surface area (Å²) >= 11 is 0. The number of carbonyl (C=O) groups is 2. The number of anilines is 1. The summed E-state index contributed by atoms with van der Waals surface area (Å²) in [5.41, 5.74) is 0.484. The quantitative estimate of drug-likeness (QED) is 0.712. The van der Waals surface area contributed by atoms with E-state index in [-0.39, 0.29) is 18.9 Å². The van der Waals surface area contributed by atoms with Gasteiger partial charge in [0.05, 0.1) is 6.61 Å². The summed E-state index contributed by atoms with van der Waals surface area (Å²) in [7, 11) is 0. The molecule has 0 aromatic heterocycles. The number of benzene rings is 1. The molecule has 104 valence electrons. The Labute approximate surface area is 110 Å². The molecule has 3 amide bonds. The van der Waals surface area contributed by atoms with Crippen LogP contribution in [0.2, 0.25) is 0 Å². The summed E-state index contributed by atoms with van der Waals surface area (Å²) < 4.78 is 17.3. The van der Waals surface area contributed by atoms with E-state index in [1.54, 1.807) is 6.92 Å². The lowest BCUT2D eigenvalue weighted by Crippen LogP contribution is -2.37. The summed E-state index contributed by atoms with van der Waals surface area (Å²) in [6, 6.07) is 4.96. The highest BCUT2D eigenvalue weighted by Crippen LogP contribution is 2.07. The van der Waals surface area contributed by atoms with Crippen molar-refractivity contribution < 1.29 is 18.7 Å². The fraction of sp³-hybridized carbons (Fsp3) is 0.333. The Balaban J connectivity index is 2.18. The van der Waals surface area contributed by atoms with Crippen molar-refractivity contribution in [1.29, 1.82) is 0 Å². The van der Waals surface area contributed by atoms with Crippen LogP contribution in [0, 0.1) is 5.82 Å². The van der Waals surface area contributed by atoms with Gasteiger partial charge in [0.1, 0.15) is 5.82 Å². The third kappa shape index (κ3) is 6.25. The zero-order chi connectivity index (χ0) is 14.1. The largest absolute Gasteiger partial charge is 0.450 e. The molecule has 0 aliphatic carbocycles. The third-order valence-electron chi connectivity index (χ3n) is 2.06. The number of rotatable bonds is 5. The maximum atomic E-state index is 12.6. The normalized spacial score (nSPS) is 9.58. The predicted molar refractivity (Wildman–Crippen MR) is 68.4 cm³/mol. The molecule has 0 bridgehead atoms. The van der Waals surface area contributed by atoms with Gasteiger partial charge in [-0.25, -0.2) is 14.0 Å². The van der Waals surface area contributed by atoms with Crippen LogP contribution in [-0.2, 0) is 4.74 Å². The molecule has 1 aromatic carbocycles. The minimum absolute atomic E-state index is 0.256. The topological polar surface area (TPSA) is 79.5 Å². The van der Waals surface area contributed by atoms with Crippen molar-refractivity contribution in [3.63, 3.8) is 0 Å². The van der Waals surface area contributed by atoms with E-state index in [9.17, 15) is 14.0 Å². The highest BCUT2D eigenvalue weighted by Gasteiger charge is 2.02. The number of urea groups is 1. The molecule has 0 aliphatic heterocycles. The lowest BCUT2D eigenvalue weighted by atomic mass is 10.3. The second-order valence-electron chi connectivity index (χ2n) is 3.54. The molecule has 0 heterocycles. The van der Waals surface area contributed by atoms with Crippen LogP contribution >= 0.6 is 0 Å². The van der Waals surface area contributed by atoms with Crippen LogP contribution in [0.25, 0.3) is 0 Å². The molecular weight excluding hydrogens is 253 g/mol.